The van der Waals surface area contributed by atoms with E-state index in [0.29, 0.717) is 15.5 Å². The first-order chi connectivity index (χ1) is 14.4. The number of rotatable bonds is 5. The maximum absolute atomic E-state index is 12.8. The van der Waals surface area contributed by atoms with Crippen molar-refractivity contribution in [3.8, 4) is 5.69 Å². The van der Waals surface area contributed by atoms with Crippen LogP contribution in [0.5, 0.6) is 0 Å². The number of sulfonamides is 1. The van der Waals surface area contributed by atoms with Crippen molar-refractivity contribution >= 4 is 33.0 Å². The number of carbonyl (C=O) groups is 1. The van der Waals surface area contributed by atoms with Crippen LogP contribution in [0, 0.1) is 10.1 Å². The second-order valence-corrected chi connectivity index (χ2v) is 9.69. The van der Waals surface area contributed by atoms with E-state index < -0.39 is 14.9 Å². The zero-order valence-corrected chi connectivity index (χ0v) is 17.3. The van der Waals surface area contributed by atoms with E-state index in [1.165, 1.54) is 38.7 Å². The molecule has 0 radical (unpaired) electrons. The molecule has 0 atom stereocenters. The molecule has 0 N–H and O–H groups in total. The fourth-order valence-corrected chi connectivity index (χ4v) is 5.72. The van der Waals surface area contributed by atoms with E-state index in [9.17, 15) is 23.3 Å². The third-order valence-corrected chi connectivity index (χ3v) is 8.04. The maximum atomic E-state index is 12.8. The number of piperazine rings is 1. The number of nitro groups is 1. The molecular formula is C18H17N5O5S2. The zero-order valence-electron chi connectivity index (χ0n) is 15.6. The van der Waals surface area contributed by atoms with Gasteiger partial charge in [0.1, 0.15) is 4.21 Å². The van der Waals surface area contributed by atoms with Gasteiger partial charge in [-0.1, -0.05) is 6.07 Å². The maximum Gasteiger partial charge on any atom is 0.269 e. The van der Waals surface area contributed by atoms with Crippen LogP contribution in [0.1, 0.15) is 10.4 Å². The van der Waals surface area contributed by atoms with E-state index in [2.05, 4.69) is 5.10 Å². The Morgan fingerprint density at radius 3 is 2.40 bits per heavy atom. The van der Waals surface area contributed by atoms with Crippen LogP contribution < -0.4 is 0 Å². The van der Waals surface area contributed by atoms with Gasteiger partial charge in [0.05, 0.1) is 22.4 Å². The van der Waals surface area contributed by atoms with Crippen molar-refractivity contribution in [3.63, 3.8) is 0 Å². The minimum Gasteiger partial charge on any atom is -0.336 e. The number of hydrogen-bond donors (Lipinski definition) is 0. The largest absolute Gasteiger partial charge is 0.336 e. The molecule has 0 aliphatic carbocycles. The number of nitro benzene ring substituents is 1. The molecule has 1 aromatic carbocycles. The number of nitrogens with zero attached hydrogens (tertiary/aromatic N) is 5. The average molecular weight is 447 g/mol. The number of thiophene rings is 1. The van der Waals surface area contributed by atoms with Crippen LogP contribution in [0.25, 0.3) is 5.69 Å². The summed E-state index contributed by atoms with van der Waals surface area (Å²) in [7, 11) is -3.52. The van der Waals surface area contributed by atoms with Gasteiger partial charge in [-0.05, 0) is 23.6 Å². The molecule has 4 rings (SSSR count). The minimum absolute atomic E-state index is 0.0300. The summed E-state index contributed by atoms with van der Waals surface area (Å²) in [5, 5.41) is 16.6. The van der Waals surface area contributed by atoms with Crippen LogP contribution in [-0.2, 0) is 10.0 Å². The van der Waals surface area contributed by atoms with Gasteiger partial charge in [0.2, 0.25) is 0 Å². The molecular weight excluding hydrogens is 430 g/mol. The van der Waals surface area contributed by atoms with Gasteiger partial charge in [0.15, 0.2) is 0 Å². The van der Waals surface area contributed by atoms with Gasteiger partial charge in [-0.3, -0.25) is 14.9 Å². The highest BCUT2D eigenvalue weighted by molar-refractivity contribution is 7.91. The highest BCUT2D eigenvalue weighted by Crippen LogP contribution is 2.22. The fraction of sp³-hybridized carbons (Fsp3) is 0.222. The van der Waals surface area contributed by atoms with Gasteiger partial charge in [-0.15, -0.1) is 11.3 Å². The normalized spacial score (nSPS) is 15.3. The smallest absolute Gasteiger partial charge is 0.269 e. The van der Waals surface area contributed by atoms with Crippen LogP contribution in [0.2, 0.25) is 0 Å². The zero-order chi connectivity index (χ0) is 21.3. The lowest BCUT2D eigenvalue weighted by atomic mass is 10.2. The molecule has 0 saturated carbocycles. The van der Waals surface area contributed by atoms with Crippen molar-refractivity contribution in [2.45, 2.75) is 4.21 Å². The third-order valence-electron chi connectivity index (χ3n) is 4.77. The van der Waals surface area contributed by atoms with Gasteiger partial charge in [-0.2, -0.15) is 9.40 Å². The van der Waals surface area contributed by atoms with Crippen LogP contribution in [0.4, 0.5) is 5.69 Å². The summed E-state index contributed by atoms with van der Waals surface area (Å²) >= 11 is 1.17. The Morgan fingerprint density at radius 2 is 1.80 bits per heavy atom. The number of amides is 1. The lowest BCUT2D eigenvalue weighted by molar-refractivity contribution is -0.384. The minimum atomic E-state index is -3.52. The summed E-state index contributed by atoms with van der Waals surface area (Å²) in [5.74, 6) is -0.240. The predicted octanol–water partition coefficient (Wildman–Crippen LogP) is 1.99. The van der Waals surface area contributed by atoms with Gasteiger partial charge in [0, 0.05) is 44.5 Å². The lowest BCUT2D eigenvalue weighted by Gasteiger charge is -2.33. The Morgan fingerprint density at radius 1 is 1.10 bits per heavy atom. The quantitative estimate of drug-likeness (QED) is 0.436. The summed E-state index contributed by atoms with van der Waals surface area (Å²) in [6.45, 7) is 1.02. The Balaban J connectivity index is 1.42. The van der Waals surface area contributed by atoms with Crippen LogP contribution >= 0.6 is 11.3 Å². The van der Waals surface area contributed by atoms with Crippen LogP contribution in [-0.4, -0.2) is 64.4 Å². The first kappa shape index (κ1) is 20.2. The Hall–Kier alpha value is -3.09. The first-order valence-electron chi connectivity index (χ1n) is 8.99. The molecule has 0 unspecified atom stereocenters. The van der Waals surface area contributed by atoms with E-state index in [-0.39, 0.29) is 37.8 Å². The molecule has 1 fully saturated rings. The molecule has 156 valence electrons. The SMILES string of the molecule is O=C(c1cnn(-c2ccc([N+](=O)[O-])cc2)c1)N1CCN(S(=O)(=O)c2cccs2)CC1. The molecule has 1 aliphatic heterocycles. The molecule has 0 spiro atoms. The number of benzene rings is 1. The van der Waals surface area contributed by atoms with Gasteiger partial charge in [0.25, 0.3) is 21.6 Å². The van der Waals surface area contributed by atoms with Crippen LogP contribution in [0.3, 0.4) is 0 Å². The summed E-state index contributed by atoms with van der Waals surface area (Å²) in [5.41, 5.74) is 0.923. The molecule has 12 heteroatoms. The Bertz CT molecular complexity index is 1160. The number of aromatic nitrogens is 2. The molecule has 3 heterocycles. The van der Waals surface area contributed by atoms with Crippen molar-refractivity contribution in [2.24, 2.45) is 0 Å². The standard InChI is InChI=1S/C18H17N5O5S2/c24-18(14-12-19-22(13-14)15-3-5-16(6-4-15)23(25)26)20-7-9-21(10-8-20)30(27,28)17-2-1-11-29-17/h1-6,11-13H,7-10H2. The van der Waals surface area contributed by atoms with E-state index in [4.69, 9.17) is 0 Å². The van der Waals surface area contributed by atoms with Crippen LogP contribution in [0.15, 0.2) is 58.4 Å². The van der Waals surface area contributed by atoms with Gasteiger partial charge >= 0.3 is 0 Å². The Labute approximate surface area is 176 Å². The van der Waals surface area contributed by atoms with E-state index in [1.54, 1.807) is 40.7 Å². The van der Waals surface area contributed by atoms with Crippen molar-refractivity contribution in [3.05, 3.63) is 69.8 Å². The summed E-state index contributed by atoms with van der Waals surface area (Å²) in [4.78, 5) is 24.7. The number of carbonyl (C=O) groups excluding carboxylic acids is 1. The predicted molar refractivity (Wildman–Crippen MR) is 109 cm³/mol. The van der Waals surface area contributed by atoms with Crippen molar-refractivity contribution in [2.75, 3.05) is 26.2 Å². The van der Waals surface area contributed by atoms with E-state index >= 15 is 0 Å². The molecule has 10 nitrogen and oxygen atoms in total. The van der Waals surface area contributed by atoms with E-state index in [1.807, 2.05) is 0 Å². The third kappa shape index (κ3) is 3.84. The molecule has 2 aromatic heterocycles. The summed E-state index contributed by atoms with van der Waals surface area (Å²) in [6, 6.07) is 9.10. The molecule has 1 saturated heterocycles. The monoisotopic (exact) mass is 447 g/mol. The second kappa shape index (κ2) is 7.97. The highest BCUT2D eigenvalue weighted by atomic mass is 32.2. The molecule has 1 amide bonds. The first-order valence-corrected chi connectivity index (χ1v) is 11.3. The highest BCUT2D eigenvalue weighted by Gasteiger charge is 2.31. The van der Waals surface area contributed by atoms with Gasteiger partial charge < -0.3 is 4.90 Å². The van der Waals surface area contributed by atoms with Crippen molar-refractivity contribution in [1.29, 1.82) is 0 Å². The molecule has 30 heavy (non-hydrogen) atoms. The number of non-ortho nitro benzene ring substituents is 1. The molecule has 0 bridgehead atoms. The molecule has 1 aliphatic rings. The van der Waals surface area contributed by atoms with Gasteiger partial charge in [-0.25, -0.2) is 13.1 Å². The number of hydrogen-bond acceptors (Lipinski definition) is 7. The average Bonchev–Trinajstić information content (AvgIpc) is 3.46. The lowest BCUT2D eigenvalue weighted by Crippen LogP contribution is -2.50. The molecule has 3 aromatic rings. The summed E-state index contributed by atoms with van der Waals surface area (Å²) < 4.78 is 28.4. The van der Waals surface area contributed by atoms with Crippen molar-refractivity contribution in [1.82, 2.24) is 19.0 Å². The second-order valence-electron chi connectivity index (χ2n) is 6.58. The topological polar surface area (TPSA) is 119 Å². The Kier molecular flexibility index (Phi) is 5.37. The summed E-state index contributed by atoms with van der Waals surface area (Å²) in [6.07, 6.45) is 2.98. The van der Waals surface area contributed by atoms with E-state index in [0.717, 1.165) is 0 Å². The van der Waals surface area contributed by atoms with Crippen molar-refractivity contribution < 1.29 is 18.1 Å². The fourth-order valence-electron chi connectivity index (χ4n) is 3.15.